The monoisotopic (exact) mass is 397 g/mol. The van der Waals surface area contributed by atoms with Crippen molar-refractivity contribution >= 4 is 38.9 Å². The van der Waals surface area contributed by atoms with Gasteiger partial charge in [0.05, 0.1) is 7.11 Å². The van der Waals surface area contributed by atoms with Crippen LogP contribution in [0.3, 0.4) is 0 Å². The van der Waals surface area contributed by atoms with Gasteiger partial charge in [0.1, 0.15) is 16.4 Å². The van der Waals surface area contributed by atoms with E-state index in [1.807, 2.05) is 0 Å². The van der Waals surface area contributed by atoms with Crippen LogP contribution in [0.15, 0.2) is 47.4 Å². The zero-order valence-corrected chi connectivity index (χ0v) is 14.4. The lowest BCUT2D eigenvalue weighted by atomic mass is 10.3. The van der Waals surface area contributed by atoms with Crippen molar-refractivity contribution in [2.45, 2.75) is 10.5 Å². The van der Waals surface area contributed by atoms with Gasteiger partial charge in [-0.15, -0.1) is 8.78 Å². The number of hydrogen-bond acceptors (Lipinski definition) is 4. The molecular formula is C14H11Cl2F2NO4S. The predicted octanol–water partition coefficient (Wildman–Crippen LogP) is 4.32. The molecule has 0 aliphatic rings. The molecule has 2 aromatic carbocycles. The number of benzene rings is 2. The zero-order valence-electron chi connectivity index (χ0n) is 12.1. The molecule has 0 unspecified atom stereocenters. The van der Waals surface area contributed by atoms with Crippen LogP contribution in [0.25, 0.3) is 0 Å². The average molecular weight is 398 g/mol. The van der Waals surface area contributed by atoms with Crippen LogP contribution in [0.2, 0.25) is 5.02 Å². The third-order valence-corrected chi connectivity index (χ3v) is 4.47. The molecule has 10 heteroatoms. The fraction of sp³-hybridized carbons (Fsp3) is 0.143. The maximum atomic E-state index is 12.5. The summed E-state index contributed by atoms with van der Waals surface area (Å²) in [4.78, 5) is -0.162. The Morgan fingerprint density at radius 3 is 2.29 bits per heavy atom. The SMILES string of the molecule is COc1ccc(Cl)cc1S(=O)(=O)Nc1ccc(OC(F)(F)Cl)cc1. The second-order valence-corrected chi connectivity index (χ2v) is 7.00. The number of anilines is 1. The van der Waals surface area contributed by atoms with Gasteiger partial charge in [0.15, 0.2) is 0 Å². The van der Waals surface area contributed by atoms with Crippen LogP contribution in [0.4, 0.5) is 14.5 Å². The summed E-state index contributed by atoms with van der Waals surface area (Å²) in [7, 11) is -2.68. The quantitative estimate of drug-likeness (QED) is 0.737. The molecule has 24 heavy (non-hydrogen) atoms. The first kappa shape index (κ1) is 18.6. The van der Waals surface area contributed by atoms with E-state index in [0.717, 1.165) is 12.1 Å². The normalized spacial score (nSPS) is 11.9. The number of rotatable bonds is 6. The van der Waals surface area contributed by atoms with E-state index < -0.39 is 15.6 Å². The number of methoxy groups -OCH3 is 1. The van der Waals surface area contributed by atoms with Gasteiger partial charge in [-0.3, -0.25) is 4.72 Å². The van der Waals surface area contributed by atoms with Crippen molar-refractivity contribution in [2.24, 2.45) is 0 Å². The molecule has 0 aromatic heterocycles. The molecule has 5 nitrogen and oxygen atoms in total. The lowest BCUT2D eigenvalue weighted by Gasteiger charge is -2.13. The standard InChI is InChI=1S/C14H11Cl2F2NO4S/c1-22-12-7-2-9(15)8-13(12)24(20,21)19-10-3-5-11(6-4-10)23-14(16,17)18/h2-8,19H,1H3. The minimum absolute atomic E-state index is 0.105. The van der Waals surface area contributed by atoms with Crippen LogP contribution in [-0.2, 0) is 10.0 Å². The fourth-order valence-electron chi connectivity index (χ4n) is 1.80. The molecular weight excluding hydrogens is 387 g/mol. The molecule has 0 heterocycles. The number of ether oxygens (including phenoxy) is 2. The Hall–Kier alpha value is -1.77. The van der Waals surface area contributed by atoms with E-state index in [1.54, 1.807) is 0 Å². The summed E-state index contributed by atoms with van der Waals surface area (Å²) in [5.41, 5.74) is -3.72. The van der Waals surface area contributed by atoms with Gasteiger partial charge in [0.2, 0.25) is 0 Å². The van der Waals surface area contributed by atoms with E-state index in [0.29, 0.717) is 0 Å². The van der Waals surface area contributed by atoms with E-state index in [-0.39, 0.29) is 27.1 Å². The van der Waals surface area contributed by atoms with Crippen molar-refractivity contribution in [3.8, 4) is 11.5 Å². The minimum atomic E-state index is -4.00. The first-order valence-electron chi connectivity index (χ1n) is 6.33. The molecule has 0 bridgehead atoms. The van der Waals surface area contributed by atoms with Crippen molar-refractivity contribution in [3.05, 3.63) is 47.5 Å². The summed E-state index contributed by atoms with van der Waals surface area (Å²) in [6.07, 6.45) is 0. The Morgan fingerprint density at radius 2 is 1.75 bits per heavy atom. The summed E-state index contributed by atoms with van der Waals surface area (Å²) in [5.74, 6) is -0.119. The van der Waals surface area contributed by atoms with Crippen molar-refractivity contribution < 1.29 is 26.7 Å². The molecule has 0 saturated heterocycles. The Balaban J connectivity index is 2.25. The Bertz CT molecular complexity index is 824. The summed E-state index contributed by atoms with van der Waals surface area (Å²) in [6.45, 7) is 0. The number of sulfonamides is 1. The third kappa shape index (κ3) is 4.86. The van der Waals surface area contributed by atoms with E-state index in [1.165, 1.54) is 37.4 Å². The van der Waals surface area contributed by atoms with Crippen LogP contribution < -0.4 is 14.2 Å². The molecule has 2 rings (SSSR count). The second-order valence-electron chi connectivity index (χ2n) is 4.47. The molecule has 0 aliphatic heterocycles. The molecule has 0 saturated carbocycles. The predicted molar refractivity (Wildman–Crippen MR) is 86.7 cm³/mol. The number of halogens is 4. The van der Waals surface area contributed by atoms with Gasteiger partial charge in [0.25, 0.3) is 10.0 Å². The molecule has 2 aromatic rings. The fourth-order valence-corrected chi connectivity index (χ4v) is 3.38. The summed E-state index contributed by atoms with van der Waals surface area (Å²) >= 11 is 10.5. The Morgan fingerprint density at radius 1 is 1.12 bits per heavy atom. The van der Waals surface area contributed by atoms with Crippen LogP contribution in [0.1, 0.15) is 0 Å². The second kappa shape index (κ2) is 7.00. The zero-order chi connectivity index (χ0) is 18.0. The molecule has 0 spiro atoms. The lowest BCUT2D eigenvalue weighted by Crippen LogP contribution is -2.16. The van der Waals surface area contributed by atoms with E-state index >= 15 is 0 Å². The smallest absolute Gasteiger partial charge is 0.487 e. The molecule has 0 atom stereocenters. The Kier molecular flexibility index (Phi) is 5.42. The van der Waals surface area contributed by atoms with E-state index in [2.05, 4.69) is 21.1 Å². The maximum absolute atomic E-state index is 12.5. The minimum Gasteiger partial charge on any atom is -0.495 e. The topological polar surface area (TPSA) is 64.6 Å². The number of hydrogen-bond donors (Lipinski definition) is 1. The van der Waals surface area contributed by atoms with Crippen LogP contribution in [0.5, 0.6) is 11.5 Å². The van der Waals surface area contributed by atoms with Gasteiger partial charge in [-0.2, -0.15) is 0 Å². The summed E-state index contributed by atoms with van der Waals surface area (Å²) in [6, 6.07) is 8.90. The lowest BCUT2D eigenvalue weighted by molar-refractivity contribution is -0.0964. The number of alkyl halides is 3. The first-order chi connectivity index (χ1) is 11.1. The highest BCUT2D eigenvalue weighted by atomic mass is 35.5. The average Bonchev–Trinajstić information content (AvgIpc) is 2.47. The van der Waals surface area contributed by atoms with E-state index in [4.69, 9.17) is 16.3 Å². The number of nitrogens with one attached hydrogen (secondary N) is 1. The highest BCUT2D eigenvalue weighted by Gasteiger charge is 2.27. The highest BCUT2D eigenvalue weighted by Crippen LogP contribution is 2.30. The first-order valence-corrected chi connectivity index (χ1v) is 8.57. The van der Waals surface area contributed by atoms with Gasteiger partial charge in [-0.25, -0.2) is 8.42 Å². The van der Waals surface area contributed by atoms with Gasteiger partial charge < -0.3 is 9.47 Å². The van der Waals surface area contributed by atoms with Gasteiger partial charge in [-0.1, -0.05) is 11.6 Å². The van der Waals surface area contributed by atoms with Gasteiger partial charge in [0, 0.05) is 22.3 Å². The molecule has 130 valence electrons. The largest absolute Gasteiger partial charge is 0.495 e. The van der Waals surface area contributed by atoms with Gasteiger partial charge in [-0.05, 0) is 42.5 Å². The third-order valence-electron chi connectivity index (χ3n) is 2.76. The molecule has 0 radical (unpaired) electrons. The van der Waals surface area contributed by atoms with Crippen molar-refractivity contribution in [1.82, 2.24) is 0 Å². The van der Waals surface area contributed by atoms with Crippen LogP contribution >= 0.6 is 23.2 Å². The maximum Gasteiger partial charge on any atom is 0.487 e. The molecule has 0 amide bonds. The van der Waals surface area contributed by atoms with Crippen molar-refractivity contribution in [3.63, 3.8) is 0 Å². The highest BCUT2D eigenvalue weighted by molar-refractivity contribution is 7.92. The molecule has 0 aliphatic carbocycles. The summed E-state index contributed by atoms with van der Waals surface area (Å²) < 4.78 is 61.3. The Labute approximate surface area is 147 Å². The van der Waals surface area contributed by atoms with Gasteiger partial charge >= 0.3 is 5.57 Å². The van der Waals surface area contributed by atoms with Crippen molar-refractivity contribution in [1.29, 1.82) is 0 Å². The van der Waals surface area contributed by atoms with Crippen LogP contribution in [0, 0.1) is 0 Å². The summed E-state index contributed by atoms with van der Waals surface area (Å²) in [5, 5.41) is 0.212. The van der Waals surface area contributed by atoms with E-state index in [9.17, 15) is 17.2 Å². The molecule has 0 fully saturated rings. The molecule has 1 N–H and O–H groups in total. The van der Waals surface area contributed by atoms with Crippen LogP contribution in [-0.4, -0.2) is 21.1 Å². The van der Waals surface area contributed by atoms with Crippen molar-refractivity contribution in [2.75, 3.05) is 11.8 Å².